The zero-order valence-corrected chi connectivity index (χ0v) is 18.1. The van der Waals surface area contributed by atoms with Crippen molar-refractivity contribution in [2.24, 2.45) is 0 Å². The molecule has 30 heavy (non-hydrogen) atoms. The molecule has 3 aliphatic heterocycles. The van der Waals surface area contributed by atoms with E-state index in [0.29, 0.717) is 30.9 Å². The third-order valence-corrected chi connectivity index (χ3v) is 6.67. The van der Waals surface area contributed by atoms with Crippen LogP contribution in [0.15, 0.2) is 18.2 Å². The minimum atomic E-state index is -3.39. The number of carbonyl (C=O) groups excluding carboxylic acids is 1. The van der Waals surface area contributed by atoms with Crippen molar-refractivity contribution in [2.45, 2.75) is 37.1 Å². The summed E-state index contributed by atoms with van der Waals surface area (Å²) in [6.45, 7) is 2.94. The molecule has 3 heterocycles. The van der Waals surface area contributed by atoms with Gasteiger partial charge in [0.25, 0.3) is 0 Å². The lowest BCUT2D eigenvalue weighted by molar-refractivity contribution is -0.150. The van der Waals surface area contributed by atoms with E-state index in [-0.39, 0.29) is 37.1 Å². The van der Waals surface area contributed by atoms with E-state index >= 15 is 0 Å². The second kappa shape index (κ2) is 8.33. The zero-order valence-electron chi connectivity index (χ0n) is 17.3. The first kappa shape index (κ1) is 21.4. The fourth-order valence-corrected chi connectivity index (χ4v) is 5.10. The summed E-state index contributed by atoms with van der Waals surface area (Å²) >= 11 is 0. The van der Waals surface area contributed by atoms with Crippen LogP contribution in [0.25, 0.3) is 0 Å². The lowest BCUT2D eigenvalue weighted by Crippen LogP contribution is -2.50. The Balaban J connectivity index is 1.49. The number of nitrogens with one attached hydrogen (secondary N) is 1. The number of hydrogen-bond donors (Lipinski definition) is 2. The molecule has 0 radical (unpaired) electrons. The van der Waals surface area contributed by atoms with Crippen molar-refractivity contribution in [3.05, 3.63) is 23.8 Å². The number of benzene rings is 1. The molecular formula is C20H29N3O6S. The maximum atomic E-state index is 12.8. The average Bonchev–Trinajstić information content (AvgIpc) is 3.04. The predicted molar refractivity (Wildman–Crippen MR) is 111 cm³/mol. The molecule has 0 aromatic heterocycles. The van der Waals surface area contributed by atoms with E-state index in [2.05, 4.69) is 9.62 Å². The zero-order chi connectivity index (χ0) is 21.5. The van der Waals surface area contributed by atoms with Crippen molar-refractivity contribution in [3.8, 4) is 5.75 Å². The topological polar surface area (TPSA) is 108 Å². The summed E-state index contributed by atoms with van der Waals surface area (Å²) in [6, 6.07) is 5.17. The molecule has 4 rings (SSSR count). The van der Waals surface area contributed by atoms with Gasteiger partial charge >= 0.3 is 0 Å². The molecule has 1 amide bonds. The molecule has 9 nitrogen and oxygen atoms in total. The Morgan fingerprint density at radius 1 is 1.27 bits per heavy atom. The lowest BCUT2D eigenvalue weighted by Gasteiger charge is -2.38. The van der Waals surface area contributed by atoms with Gasteiger partial charge in [-0.05, 0) is 31.7 Å². The highest BCUT2D eigenvalue weighted by atomic mass is 32.2. The number of hydrogen-bond acceptors (Lipinski definition) is 7. The number of piperazine rings is 1. The van der Waals surface area contributed by atoms with E-state index in [0.717, 1.165) is 24.9 Å². The van der Waals surface area contributed by atoms with Gasteiger partial charge in [-0.25, -0.2) is 8.42 Å². The van der Waals surface area contributed by atoms with Gasteiger partial charge in [-0.2, -0.15) is 0 Å². The van der Waals surface area contributed by atoms with Crippen molar-refractivity contribution in [2.75, 3.05) is 50.8 Å². The maximum absolute atomic E-state index is 12.8. The molecule has 0 saturated carbocycles. The first-order valence-corrected chi connectivity index (χ1v) is 12.1. The SMILES string of the molecule is CN1CCN(C(=O)C[C@H]2C[C@@H]3c4cc(NS(C)(=O)=O)ccc4O[C@@H]3[C@@H](CO)O2)CC1. The van der Waals surface area contributed by atoms with Gasteiger partial charge in [0.1, 0.15) is 18.0 Å². The van der Waals surface area contributed by atoms with E-state index in [9.17, 15) is 18.3 Å². The predicted octanol–water partition coefficient (Wildman–Crippen LogP) is 0.217. The monoisotopic (exact) mass is 439 g/mol. The Bertz CT molecular complexity index is 900. The number of ether oxygens (including phenoxy) is 2. The molecule has 4 atom stereocenters. The fourth-order valence-electron chi connectivity index (χ4n) is 4.55. The van der Waals surface area contributed by atoms with Crippen molar-refractivity contribution in [3.63, 3.8) is 0 Å². The van der Waals surface area contributed by atoms with Crippen LogP contribution in [-0.2, 0) is 19.6 Å². The number of aliphatic hydroxyl groups excluding tert-OH is 1. The maximum Gasteiger partial charge on any atom is 0.229 e. The van der Waals surface area contributed by atoms with Gasteiger partial charge in [-0.1, -0.05) is 0 Å². The van der Waals surface area contributed by atoms with Crippen LogP contribution in [0.3, 0.4) is 0 Å². The van der Waals surface area contributed by atoms with Crippen molar-refractivity contribution in [1.82, 2.24) is 9.80 Å². The Kier molecular flexibility index (Phi) is 5.93. The third kappa shape index (κ3) is 4.56. The van der Waals surface area contributed by atoms with Gasteiger partial charge in [0.15, 0.2) is 0 Å². The molecule has 0 unspecified atom stereocenters. The van der Waals surface area contributed by atoms with E-state index in [1.54, 1.807) is 18.2 Å². The van der Waals surface area contributed by atoms with Crippen molar-refractivity contribution >= 4 is 21.6 Å². The molecule has 1 aromatic rings. The number of nitrogens with zero attached hydrogens (tertiary/aromatic N) is 2. The number of sulfonamides is 1. The summed E-state index contributed by atoms with van der Waals surface area (Å²) in [5, 5.41) is 9.86. The summed E-state index contributed by atoms with van der Waals surface area (Å²) < 4.78 is 37.7. The van der Waals surface area contributed by atoms with E-state index in [1.807, 2.05) is 11.9 Å². The minimum Gasteiger partial charge on any atom is -0.487 e. The molecule has 0 bridgehead atoms. The van der Waals surface area contributed by atoms with Crippen LogP contribution in [0.1, 0.15) is 24.3 Å². The lowest BCUT2D eigenvalue weighted by atomic mass is 9.84. The quantitative estimate of drug-likeness (QED) is 0.675. The molecule has 3 aliphatic rings. The Morgan fingerprint density at radius 3 is 2.67 bits per heavy atom. The number of amides is 1. The van der Waals surface area contributed by atoms with Crippen LogP contribution in [0.2, 0.25) is 0 Å². The summed E-state index contributed by atoms with van der Waals surface area (Å²) in [5.74, 6) is 0.657. The first-order valence-electron chi connectivity index (χ1n) is 10.2. The number of carbonyl (C=O) groups is 1. The number of likely N-dealkylation sites (N-methyl/N-ethyl adjacent to an activating group) is 1. The molecule has 0 aliphatic carbocycles. The van der Waals surface area contributed by atoms with Crippen molar-refractivity contribution < 1.29 is 27.8 Å². The van der Waals surface area contributed by atoms with Gasteiger partial charge in [-0.3, -0.25) is 9.52 Å². The Hall–Kier alpha value is -1.88. The number of anilines is 1. The molecule has 2 fully saturated rings. The van der Waals surface area contributed by atoms with Crippen LogP contribution >= 0.6 is 0 Å². The second-order valence-electron chi connectivity index (χ2n) is 8.42. The third-order valence-electron chi connectivity index (χ3n) is 6.06. The molecule has 10 heteroatoms. The summed E-state index contributed by atoms with van der Waals surface area (Å²) in [7, 11) is -1.35. The number of rotatable bonds is 5. The van der Waals surface area contributed by atoms with Gasteiger partial charge in [0, 0.05) is 43.3 Å². The average molecular weight is 440 g/mol. The highest BCUT2D eigenvalue weighted by molar-refractivity contribution is 7.92. The van der Waals surface area contributed by atoms with Crippen molar-refractivity contribution in [1.29, 1.82) is 0 Å². The van der Waals surface area contributed by atoms with Crippen LogP contribution in [0.5, 0.6) is 5.75 Å². The molecule has 2 N–H and O–H groups in total. The van der Waals surface area contributed by atoms with E-state index in [4.69, 9.17) is 9.47 Å². The van der Waals surface area contributed by atoms with E-state index in [1.165, 1.54) is 0 Å². The molecule has 1 aromatic carbocycles. The Labute approximate surface area is 177 Å². The second-order valence-corrected chi connectivity index (χ2v) is 10.2. The van der Waals surface area contributed by atoms with Gasteiger partial charge in [-0.15, -0.1) is 0 Å². The van der Waals surface area contributed by atoms with Crippen LogP contribution in [-0.4, -0.2) is 93.6 Å². The smallest absolute Gasteiger partial charge is 0.229 e. The Morgan fingerprint density at radius 2 is 2.00 bits per heavy atom. The first-order chi connectivity index (χ1) is 14.2. The number of fused-ring (bicyclic) bond motifs is 3. The van der Waals surface area contributed by atoms with Crippen LogP contribution < -0.4 is 9.46 Å². The molecule has 2 saturated heterocycles. The molecule has 166 valence electrons. The molecule has 0 spiro atoms. The van der Waals surface area contributed by atoms with Crippen LogP contribution in [0, 0.1) is 0 Å². The van der Waals surface area contributed by atoms with E-state index < -0.39 is 16.1 Å². The number of aliphatic hydroxyl groups is 1. The summed E-state index contributed by atoms with van der Waals surface area (Å²) in [6.07, 6.45) is 0.740. The fraction of sp³-hybridized carbons (Fsp3) is 0.650. The standard InChI is InChI=1S/C20H29N3O6S/c1-22-5-7-23(8-6-22)19(25)11-14-10-16-15-9-13(21-30(2,26)27)3-4-17(15)29-20(16)18(12-24)28-14/h3-4,9,14,16,18,20-21,24H,5-8,10-12H2,1-2H3/t14-,16-,18-,20+/m1/s1. The normalized spacial score (nSPS) is 29.1. The highest BCUT2D eigenvalue weighted by Crippen LogP contribution is 2.47. The van der Waals surface area contributed by atoms with Gasteiger partial charge < -0.3 is 24.4 Å². The molecular weight excluding hydrogens is 410 g/mol. The van der Waals surface area contributed by atoms with Crippen LogP contribution in [0.4, 0.5) is 5.69 Å². The summed E-state index contributed by atoms with van der Waals surface area (Å²) in [4.78, 5) is 16.8. The summed E-state index contributed by atoms with van der Waals surface area (Å²) in [5.41, 5.74) is 1.35. The minimum absolute atomic E-state index is 0.0647. The largest absolute Gasteiger partial charge is 0.487 e. The highest BCUT2D eigenvalue weighted by Gasteiger charge is 2.46. The van der Waals surface area contributed by atoms with Gasteiger partial charge in [0.05, 0.1) is 25.4 Å². The van der Waals surface area contributed by atoms with Gasteiger partial charge in [0.2, 0.25) is 15.9 Å².